The summed E-state index contributed by atoms with van der Waals surface area (Å²) < 4.78 is 4.60. The van der Waals surface area contributed by atoms with Crippen LogP contribution in [0.2, 0.25) is 0 Å². The first-order chi connectivity index (χ1) is 9.36. The molecule has 1 amide bonds. The maximum atomic E-state index is 11.5. The highest BCUT2D eigenvalue weighted by atomic mass is 16.5. The molecule has 2 aromatic rings. The molecule has 0 saturated heterocycles. The van der Waals surface area contributed by atoms with E-state index in [1.54, 1.807) is 6.20 Å². The number of amides is 1. The van der Waals surface area contributed by atoms with Gasteiger partial charge in [-0.25, -0.2) is 0 Å². The van der Waals surface area contributed by atoms with Gasteiger partial charge in [0.2, 0.25) is 0 Å². The standard InChI is InChI=1S/C13H16N4O2/c18-13(12-4-8-19-17-12)16-7-2-6-15-10-11-3-1-5-14-9-11/h1,3-5,8-9,15H,2,6-7,10H2,(H,16,18). The van der Waals surface area contributed by atoms with Crippen LogP contribution in [0.25, 0.3) is 0 Å². The Morgan fingerprint density at radius 2 is 2.26 bits per heavy atom. The van der Waals surface area contributed by atoms with E-state index < -0.39 is 0 Å². The zero-order valence-electron chi connectivity index (χ0n) is 10.5. The number of pyridine rings is 1. The first kappa shape index (κ1) is 13.2. The van der Waals surface area contributed by atoms with Crippen molar-refractivity contribution < 1.29 is 9.32 Å². The van der Waals surface area contributed by atoms with Crippen LogP contribution in [-0.4, -0.2) is 29.1 Å². The van der Waals surface area contributed by atoms with Crippen molar-refractivity contribution in [1.82, 2.24) is 20.8 Å². The van der Waals surface area contributed by atoms with E-state index in [2.05, 4.69) is 25.3 Å². The van der Waals surface area contributed by atoms with Crippen LogP contribution in [-0.2, 0) is 6.54 Å². The minimum Gasteiger partial charge on any atom is -0.364 e. The highest BCUT2D eigenvalue weighted by Crippen LogP contribution is 1.95. The summed E-state index contributed by atoms with van der Waals surface area (Å²) in [5.74, 6) is -0.207. The van der Waals surface area contributed by atoms with Gasteiger partial charge in [0.1, 0.15) is 6.26 Å². The van der Waals surface area contributed by atoms with E-state index in [4.69, 9.17) is 0 Å². The minimum atomic E-state index is -0.207. The number of hydrogen-bond donors (Lipinski definition) is 2. The van der Waals surface area contributed by atoms with Crippen molar-refractivity contribution in [2.24, 2.45) is 0 Å². The average molecular weight is 260 g/mol. The molecule has 0 unspecified atom stereocenters. The molecule has 2 rings (SSSR count). The molecule has 19 heavy (non-hydrogen) atoms. The third-order valence-corrected chi connectivity index (χ3v) is 2.54. The van der Waals surface area contributed by atoms with Gasteiger partial charge >= 0.3 is 0 Å². The third-order valence-electron chi connectivity index (χ3n) is 2.54. The van der Waals surface area contributed by atoms with Gasteiger partial charge in [0.25, 0.3) is 5.91 Å². The number of rotatable bonds is 7. The first-order valence-electron chi connectivity index (χ1n) is 6.14. The Bertz CT molecular complexity index is 485. The number of nitrogens with zero attached hydrogens (tertiary/aromatic N) is 2. The number of hydrogen-bond acceptors (Lipinski definition) is 5. The van der Waals surface area contributed by atoms with Crippen LogP contribution >= 0.6 is 0 Å². The highest BCUT2D eigenvalue weighted by molar-refractivity contribution is 5.91. The van der Waals surface area contributed by atoms with Gasteiger partial charge in [0.05, 0.1) is 0 Å². The Morgan fingerprint density at radius 3 is 3.00 bits per heavy atom. The van der Waals surface area contributed by atoms with Gasteiger partial charge in [-0.05, 0) is 24.6 Å². The molecule has 100 valence electrons. The van der Waals surface area contributed by atoms with Gasteiger partial charge in [-0.3, -0.25) is 9.78 Å². The van der Waals surface area contributed by atoms with Crippen LogP contribution in [0, 0.1) is 0 Å². The molecule has 2 heterocycles. The van der Waals surface area contributed by atoms with E-state index in [1.165, 1.54) is 12.3 Å². The van der Waals surface area contributed by atoms with Gasteiger partial charge in [0.15, 0.2) is 5.69 Å². The zero-order valence-corrected chi connectivity index (χ0v) is 10.5. The fourth-order valence-electron chi connectivity index (χ4n) is 1.57. The summed E-state index contributed by atoms with van der Waals surface area (Å²) in [7, 11) is 0. The molecule has 2 aromatic heterocycles. The Labute approximate surface area is 111 Å². The molecule has 0 aliphatic rings. The molecule has 0 aromatic carbocycles. The van der Waals surface area contributed by atoms with Gasteiger partial charge in [-0.2, -0.15) is 0 Å². The Balaban J connectivity index is 1.54. The third kappa shape index (κ3) is 4.51. The Morgan fingerprint density at radius 1 is 1.32 bits per heavy atom. The smallest absolute Gasteiger partial charge is 0.273 e. The SMILES string of the molecule is O=C(NCCCNCc1cccnc1)c1ccon1. The first-order valence-corrected chi connectivity index (χ1v) is 6.14. The Hall–Kier alpha value is -2.21. The van der Waals surface area contributed by atoms with Crippen molar-refractivity contribution in [3.63, 3.8) is 0 Å². The molecule has 0 bridgehead atoms. The lowest BCUT2D eigenvalue weighted by molar-refractivity contribution is 0.0944. The van der Waals surface area contributed by atoms with E-state index >= 15 is 0 Å². The van der Waals surface area contributed by atoms with Crippen LogP contribution in [0.1, 0.15) is 22.5 Å². The monoisotopic (exact) mass is 260 g/mol. The average Bonchev–Trinajstić information content (AvgIpc) is 2.98. The van der Waals surface area contributed by atoms with E-state index in [0.717, 1.165) is 25.1 Å². The summed E-state index contributed by atoms with van der Waals surface area (Å²) in [5, 5.41) is 9.62. The zero-order chi connectivity index (χ0) is 13.3. The predicted molar refractivity (Wildman–Crippen MR) is 69.4 cm³/mol. The van der Waals surface area contributed by atoms with Crippen molar-refractivity contribution in [2.75, 3.05) is 13.1 Å². The van der Waals surface area contributed by atoms with Crippen molar-refractivity contribution in [3.05, 3.63) is 48.1 Å². The van der Waals surface area contributed by atoms with Crippen LogP contribution < -0.4 is 10.6 Å². The fourth-order valence-corrected chi connectivity index (χ4v) is 1.57. The number of aromatic nitrogens is 2. The van der Waals surface area contributed by atoms with Crippen LogP contribution in [0.3, 0.4) is 0 Å². The van der Waals surface area contributed by atoms with E-state index in [-0.39, 0.29) is 5.91 Å². The summed E-state index contributed by atoms with van der Waals surface area (Å²) in [6, 6.07) is 5.47. The summed E-state index contributed by atoms with van der Waals surface area (Å²) in [6.45, 7) is 2.21. The predicted octanol–water partition coefficient (Wildman–Crippen LogP) is 0.979. The van der Waals surface area contributed by atoms with Crippen molar-refractivity contribution in [1.29, 1.82) is 0 Å². The topological polar surface area (TPSA) is 80.0 Å². The van der Waals surface area contributed by atoms with Crippen molar-refractivity contribution in [3.8, 4) is 0 Å². The van der Waals surface area contributed by atoms with Crippen molar-refractivity contribution in [2.45, 2.75) is 13.0 Å². The van der Waals surface area contributed by atoms with E-state index in [1.807, 2.05) is 18.3 Å². The van der Waals surface area contributed by atoms with Crippen LogP contribution in [0.5, 0.6) is 0 Å². The number of carbonyl (C=O) groups excluding carboxylic acids is 1. The lowest BCUT2D eigenvalue weighted by atomic mass is 10.3. The lowest BCUT2D eigenvalue weighted by Gasteiger charge is -2.05. The molecular weight excluding hydrogens is 244 g/mol. The summed E-state index contributed by atoms with van der Waals surface area (Å²) in [5.41, 5.74) is 1.46. The number of carbonyl (C=O) groups is 1. The molecule has 6 heteroatoms. The largest absolute Gasteiger partial charge is 0.364 e. The van der Waals surface area contributed by atoms with Crippen LogP contribution in [0.15, 0.2) is 41.4 Å². The lowest BCUT2D eigenvalue weighted by Crippen LogP contribution is -2.27. The molecule has 0 radical (unpaired) electrons. The van der Waals surface area contributed by atoms with Gasteiger partial charge < -0.3 is 15.2 Å². The molecule has 0 atom stereocenters. The Kier molecular flexibility index (Phi) is 5.06. The van der Waals surface area contributed by atoms with Crippen molar-refractivity contribution >= 4 is 5.91 Å². The molecule has 6 nitrogen and oxygen atoms in total. The molecule has 0 aliphatic carbocycles. The molecule has 0 spiro atoms. The summed E-state index contributed by atoms with van der Waals surface area (Å²) >= 11 is 0. The normalized spacial score (nSPS) is 10.3. The quantitative estimate of drug-likeness (QED) is 0.725. The molecular formula is C13H16N4O2. The second-order valence-electron chi connectivity index (χ2n) is 4.03. The number of nitrogens with one attached hydrogen (secondary N) is 2. The molecule has 2 N–H and O–H groups in total. The molecule has 0 saturated carbocycles. The maximum absolute atomic E-state index is 11.5. The summed E-state index contributed by atoms with van der Waals surface area (Å²) in [6.07, 6.45) is 5.82. The maximum Gasteiger partial charge on any atom is 0.273 e. The van der Waals surface area contributed by atoms with Gasteiger partial charge in [0, 0.05) is 31.5 Å². The molecule has 0 aliphatic heterocycles. The summed E-state index contributed by atoms with van der Waals surface area (Å²) in [4.78, 5) is 15.5. The van der Waals surface area contributed by atoms with Gasteiger partial charge in [-0.15, -0.1) is 0 Å². The molecule has 0 fully saturated rings. The minimum absolute atomic E-state index is 0.207. The van der Waals surface area contributed by atoms with E-state index in [0.29, 0.717) is 12.2 Å². The second kappa shape index (κ2) is 7.27. The van der Waals surface area contributed by atoms with Crippen LogP contribution in [0.4, 0.5) is 0 Å². The second-order valence-corrected chi connectivity index (χ2v) is 4.03. The highest BCUT2D eigenvalue weighted by Gasteiger charge is 2.06. The fraction of sp³-hybridized carbons (Fsp3) is 0.308. The van der Waals surface area contributed by atoms with E-state index in [9.17, 15) is 4.79 Å². The van der Waals surface area contributed by atoms with Gasteiger partial charge in [-0.1, -0.05) is 11.2 Å².